The molecule has 1 aliphatic heterocycles. The van der Waals surface area contributed by atoms with E-state index in [1.54, 1.807) is 0 Å². The minimum Gasteiger partial charge on any atom is -0.506 e. The molecule has 14 heteroatoms. The van der Waals surface area contributed by atoms with E-state index in [9.17, 15) is 4.79 Å². The number of hydrogen-bond acceptors (Lipinski definition) is 6. The Balaban J connectivity index is 1.76. The minimum atomic E-state index is -2.23. The van der Waals surface area contributed by atoms with Crippen LogP contribution in [0.5, 0.6) is 17.2 Å². The zero-order valence-electron chi connectivity index (χ0n) is 17.0. The Hall–Kier alpha value is -3.30. The van der Waals surface area contributed by atoms with Gasteiger partial charge in [-0.1, -0.05) is 0 Å². The van der Waals surface area contributed by atoms with E-state index in [1.807, 2.05) is 0 Å². The van der Waals surface area contributed by atoms with Crippen molar-refractivity contribution in [1.29, 1.82) is 0 Å². The molecule has 8 nitrogen and oxygen atoms in total. The van der Waals surface area contributed by atoms with E-state index < -0.39 is 22.0 Å². The first-order chi connectivity index (χ1) is 15.6. The van der Waals surface area contributed by atoms with Gasteiger partial charge >= 0.3 is 5.69 Å². The lowest BCUT2D eigenvalue weighted by Crippen LogP contribution is -2.51. The highest BCUT2D eigenvalue weighted by Crippen LogP contribution is 2.39. The van der Waals surface area contributed by atoms with E-state index in [4.69, 9.17) is 53.4 Å². The molecule has 0 aliphatic carbocycles. The maximum absolute atomic E-state index is 15.0. The summed E-state index contributed by atoms with van der Waals surface area (Å²) in [5, 5.41) is -4.06. The molecule has 0 saturated carbocycles. The van der Waals surface area contributed by atoms with Crippen LogP contribution in [0.1, 0.15) is 0 Å². The standard InChI is InChI=1S/C19H10B5FN4O4/c20-18(21,22)19(23,24)33-11-1-2-26-16-14(11)29(17(30)28-16)8-5-9-13(10(25)6-8)27-7-12-15(9)32-4-3-31-12/h1-2,5-7H,3-4H2,(H,26,28,30). The lowest BCUT2D eigenvalue weighted by atomic mass is 9.28. The van der Waals surface area contributed by atoms with Crippen LogP contribution in [0.3, 0.4) is 0 Å². The Bertz CT molecular complexity index is 1470. The Morgan fingerprint density at radius 1 is 1.12 bits per heavy atom. The number of H-pyrrole nitrogens is 1. The van der Waals surface area contributed by atoms with Gasteiger partial charge in [0.25, 0.3) is 0 Å². The van der Waals surface area contributed by atoms with E-state index in [0.29, 0.717) is 23.5 Å². The molecular weight excluding hydrogens is 421 g/mol. The van der Waals surface area contributed by atoms with Gasteiger partial charge in [-0.2, -0.15) is 0 Å². The highest BCUT2D eigenvalue weighted by molar-refractivity contribution is 6.66. The first-order valence-corrected chi connectivity index (χ1v) is 9.68. The third-order valence-corrected chi connectivity index (χ3v) is 5.17. The van der Waals surface area contributed by atoms with Gasteiger partial charge in [-0.05, 0) is 6.07 Å². The molecule has 10 radical (unpaired) electrons. The van der Waals surface area contributed by atoms with Gasteiger partial charge in [-0.3, -0.25) is 9.55 Å². The second-order valence-electron chi connectivity index (χ2n) is 7.57. The molecule has 3 aromatic heterocycles. The van der Waals surface area contributed by atoms with Crippen molar-refractivity contribution in [1.82, 2.24) is 19.5 Å². The molecule has 1 N–H and O–H groups in total. The van der Waals surface area contributed by atoms with E-state index in [0.717, 1.165) is 10.6 Å². The highest BCUT2D eigenvalue weighted by Gasteiger charge is 2.33. The molecule has 152 valence electrons. The molecule has 4 heterocycles. The minimum absolute atomic E-state index is 0.0256. The van der Waals surface area contributed by atoms with Crippen LogP contribution in [0.4, 0.5) is 4.39 Å². The number of fused-ring (bicyclic) bond motifs is 4. The number of nitrogens with zero attached hydrogens (tertiary/aromatic N) is 3. The number of benzene rings is 1. The van der Waals surface area contributed by atoms with Crippen molar-refractivity contribution in [2.75, 3.05) is 13.2 Å². The van der Waals surface area contributed by atoms with Crippen molar-refractivity contribution < 1.29 is 18.6 Å². The monoisotopic (exact) mass is 432 g/mol. The predicted octanol–water partition coefficient (Wildman–Crippen LogP) is 0.121. The predicted molar refractivity (Wildman–Crippen MR) is 123 cm³/mol. The number of rotatable bonds is 4. The van der Waals surface area contributed by atoms with Crippen LogP contribution in [-0.2, 0) is 0 Å². The van der Waals surface area contributed by atoms with Gasteiger partial charge in [0.2, 0.25) is 0 Å². The molecule has 0 unspecified atom stereocenters. The van der Waals surface area contributed by atoms with Crippen molar-refractivity contribution in [3.8, 4) is 22.9 Å². The smallest absolute Gasteiger partial charge is 0.332 e. The number of halogens is 1. The normalized spacial score (nSPS) is 14.0. The van der Waals surface area contributed by atoms with Crippen LogP contribution in [0.25, 0.3) is 27.8 Å². The van der Waals surface area contributed by atoms with Crippen LogP contribution in [0.2, 0.25) is 5.11 Å². The Kier molecular flexibility index (Phi) is 4.81. The number of aromatic amines is 1. The number of imidazole rings is 1. The van der Waals surface area contributed by atoms with Crippen LogP contribution in [0.15, 0.2) is 35.4 Å². The average molecular weight is 431 g/mol. The van der Waals surface area contributed by atoms with Gasteiger partial charge in [0.05, 0.1) is 40.8 Å². The summed E-state index contributed by atoms with van der Waals surface area (Å²) in [6.45, 7) is 0.614. The summed E-state index contributed by atoms with van der Waals surface area (Å²) in [5.41, 5.74) is -0.259. The van der Waals surface area contributed by atoms with Crippen LogP contribution in [0, 0.1) is 5.82 Å². The number of pyridine rings is 2. The maximum Gasteiger partial charge on any atom is 0.332 e. The van der Waals surface area contributed by atoms with Gasteiger partial charge in [0.15, 0.2) is 23.0 Å². The van der Waals surface area contributed by atoms with Gasteiger partial charge in [-0.25, -0.2) is 19.2 Å². The summed E-state index contributed by atoms with van der Waals surface area (Å²) in [4.78, 5) is 23.7. The summed E-state index contributed by atoms with van der Waals surface area (Å²) >= 11 is 0. The molecule has 4 aromatic rings. The molecule has 0 bridgehead atoms. The summed E-state index contributed by atoms with van der Waals surface area (Å²) in [6, 6.07) is 4.04. The molecular formula is C19H10B5FN4O4. The van der Waals surface area contributed by atoms with Gasteiger partial charge in [-0.15, -0.1) is 5.11 Å². The molecule has 0 saturated heterocycles. The van der Waals surface area contributed by atoms with Gasteiger partial charge < -0.3 is 14.2 Å². The van der Waals surface area contributed by atoms with Crippen molar-refractivity contribution >= 4 is 61.3 Å². The first kappa shape index (κ1) is 21.5. The first-order valence-electron chi connectivity index (χ1n) is 9.68. The lowest BCUT2D eigenvalue weighted by molar-refractivity contribution is 0.173. The van der Waals surface area contributed by atoms with Crippen LogP contribution >= 0.6 is 0 Å². The Labute approximate surface area is 193 Å². The number of hydrogen-bond donors (Lipinski definition) is 1. The maximum atomic E-state index is 15.0. The third-order valence-electron chi connectivity index (χ3n) is 5.17. The van der Waals surface area contributed by atoms with E-state index in [-0.39, 0.29) is 34.7 Å². The topological polar surface area (TPSA) is 91.3 Å². The third kappa shape index (κ3) is 3.48. The van der Waals surface area contributed by atoms with Crippen molar-refractivity contribution in [2.45, 2.75) is 10.5 Å². The molecule has 0 amide bonds. The summed E-state index contributed by atoms with van der Waals surface area (Å²) in [5.74, 6) is -0.0357. The fourth-order valence-electron chi connectivity index (χ4n) is 3.48. The largest absolute Gasteiger partial charge is 0.506 e. The summed E-state index contributed by atoms with van der Waals surface area (Å²) < 4.78 is 32.9. The average Bonchev–Trinajstić information content (AvgIpc) is 3.09. The number of nitrogens with one attached hydrogen (secondary N) is 1. The molecule has 0 spiro atoms. The summed E-state index contributed by atoms with van der Waals surface area (Å²) in [6.07, 6.45) is 2.72. The Morgan fingerprint density at radius 2 is 1.88 bits per heavy atom. The highest BCUT2D eigenvalue weighted by atomic mass is 19.1. The fraction of sp³-hybridized carbons (Fsp3) is 0.211. The molecule has 0 fully saturated rings. The van der Waals surface area contributed by atoms with Crippen molar-refractivity contribution in [3.63, 3.8) is 0 Å². The lowest BCUT2D eigenvalue weighted by Gasteiger charge is -2.42. The number of aromatic nitrogens is 4. The molecule has 5 rings (SSSR count). The van der Waals surface area contributed by atoms with Crippen molar-refractivity contribution in [3.05, 3.63) is 46.9 Å². The van der Waals surface area contributed by atoms with Gasteiger partial charge in [0, 0.05) is 23.7 Å². The quantitative estimate of drug-likeness (QED) is 0.462. The zero-order chi connectivity index (χ0) is 23.5. The summed E-state index contributed by atoms with van der Waals surface area (Å²) in [7, 11) is 28.5. The molecule has 1 aromatic carbocycles. The second kappa shape index (κ2) is 7.36. The molecule has 1 aliphatic rings. The van der Waals surface area contributed by atoms with Crippen LogP contribution < -0.4 is 19.9 Å². The Morgan fingerprint density at radius 3 is 2.64 bits per heavy atom. The molecule has 33 heavy (non-hydrogen) atoms. The second-order valence-corrected chi connectivity index (χ2v) is 7.57. The van der Waals surface area contributed by atoms with E-state index in [2.05, 4.69) is 15.0 Å². The molecule has 0 atom stereocenters. The SMILES string of the molecule is [B]C([B])([B])C([B])([B])Oc1ccnc2[nH]c(=O)n(-c3cc(F)c4ncc5c(c4c3)OCCO5)c12. The van der Waals surface area contributed by atoms with E-state index in [1.165, 1.54) is 24.5 Å². The van der Waals surface area contributed by atoms with E-state index >= 15 is 4.39 Å². The van der Waals surface area contributed by atoms with Crippen LogP contribution in [-0.4, -0.2) is 77.4 Å². The fourth-order valence-corrected chi connectivity index (χ4v) is 3.48. The van der Waals surface area contributed by atoms with Gasteiger partial charge in [0.1, 0.15) is 45.7 Å². The zero-order valence-corrected chi connectivity index (χ0v) is 17.0. The van der Waals surface area contributed by atoms with Crippen molar-refractivity contribution in [2.24, 2.45) is 0 Å². The number of ether oxygens (including phenoxy) is 3.